The maximum Gasteiger partial charge on any atom is 0.117 e. The van der Waals surface area contributed by atoms with Crippen LogP contribution in [0.3, 0.4) is 0 Å². The van der Waals surface area contributed by atoms with Crippen LogP contribution in [0, 0.1) is 0 Å². The van der Waals surface area contributed by atoms with Crippen molar-refractivity contribution in [3.05, 3.63) is 30.1 Å². The molecular formula is C16H20N2S. The number of hydrogen-bond acceptors (Lipinski definition) is 3. The fraction of sp³-hybridized carbons (Fsp3) is 0.500. The van der Waals surface area contributed by atoms with Crippen molar-refractivity contribution in [2.24, 2.45) is 0 Å². The van der Waals surface area contributed by atoms with Crippen LogP contribution in [-0.4, -0.2) is 15.2 Å². The maximum absolute atomic E-state index is 4.53. The lowest BCUT2D eigenvalue weighted by Gasteiger charge is -2.20. The highest BCUT2D eigenvalue weighted by atomic mass is 32.2. The van der Waals surface area contributed by atoms with E-state index in [4.69, 9.17) is 0 Å². The van der Waals surface area contributed by atoms with Gasteiger partial charge in [0.15, 0.2) is 0 Å². The van der Waals surface area contributed by atoms with E-state index in [-0.39, 0.29) is 0 Å². The fourth-order valence-electron chi connectivity index (χ4n) is 2.73. The number of thioether (sulfide) groups is 1. The first-order valence-corrected chi connectivity index (χ1v) is 8.15. The molecule has 0 unspecified atom stereocenters. The zero-order valence-electron chi connectivity index (χ0n) is 11.4. The molecule has 3 heteroatoms. The Labute approximate surface area is 119 Å². The molecule has 1 heterocycles. The summed E-state index contributed by atoms with van der Waals surface area (Å²) in [6.07, 6.45) is 9.61. The van der Waals surface area contributed by atoms with Gasteiger partial charge in [-0.2, -0.15) is 0 Å². The lowest BCUT2D eigenvalue weighted by Crippen LogP contribution is -2.08. The van der Waals surface area contributed by atoms with Crippen LogP contribution in [0.2, 0.25) is 0 Å². The second-order valence-corrected chi connectivity index (χ2v) is 6.55. The van der Waals surface area contributed by atoms with Crippen LogP contribution in [0.15, 0.2) is 29.6 Å². The van der Waals surface area contributed by atoms with Crippen molar-refractivity contribution in [3.8, 4) is 0 Å². The number of aryl methyl sites for hydroxylation is 1. The van der Waals surface area contributed by atoms with Gasteiger partial charge in [-0.05, 0) is 37.0 Å². The number of nitrogens with zero attached hydrogens (tertiary/aromatic N) is 2. The molecule has 0 radical (unpaired) electrons. The van der Waals surface area contributed by atoms with Crippen LogP contribution in [-0.2, 0) is 6.42 Å². The van der Waals surface area contributed by atoms with Gasteiger partial charge in [-0.25, -0.2) is 9.97 Å². The number of hydrogen-bond donors (Lipinski definition) is 0. The highest BCUT2D eigenvalue weighted by molar-refractivity contribution is 8.00. The molecule has 0 aliphatic heterocycles. The standard InChI is InChI=1S/C16H20N2S/c1-2-12-8-9-15-14(10-12)16(18-11-17-15)19-13-6-4-3-5-7-13/h8-11,13H,2-7H2,1H3. The summed E-state index contributed by atoms with van der Waals surface area (Å²) in [7, 11) is 0. The highest BCUT2D eigenvalue weighted by Crippen LogP contribution is 2.35. The topological polar surface area (TPSA) is 25.8 Å². The van der Waals surface area contributed by atoms with Gasteiger partial charge in [0.05, 0.1) is 5.52 Å². The minimum Gasteiger partial charge on any atom is -0.236 e. The molecule has 1 aliphatic rings. The second kappa shape index (κ2) is 5.91. The van der Waals surface area contributed by atoms with Crippen molar-refractivity contribution >= 4 is 22.7 Å². The molecule has 1 fully saturated rings. The third-order valence-corrected chi connectivity index (χ3v) is 5.26. The number of fused-ring (bicyclic) bond motifs is 1. The largest absolute Gasteiger partial charge is 0.236 e. The van der Waals surface area contributed by atoms with E-state index in [1.54, 1.807) is 6.33 Å². The van der Waals surface area contributed by atoms with Crippen LogP contribution in [0.5, 0.6) is 0 Å². The molecular weight excluding hydrogens is 252 g/mol. The van der Waals surface area contributed by atoms with Gasteiger partial charge >= 0.3 is 0 Å². The van der Waals surface area contributed by atoms with Crippen LogP contribution < -0.4 is 0 Å². The van der Waals surface area contributed by atoms with E-state index in [9.17, 15) is 0 Å². The molecule has 0 N–H and O–H groups in total. The predicted octanol–water partition coefficient (Wildman–Crippen LogP) is 4.62. The lowest BCUT2D eigenvalue weighted by molar-refractivity contribution is 0.516. The molecule has 0 saturated heterocycles. The molecule has 1 aliphatic carbocycles. The van der Waals surface area contributed by atoms with Crippen LogP contribution >= 0.6 is 11.8 Å². The van der Waals surface area contributed by atoms with Gasteiger partial charge in [-0.15, -0.1) is 11.8 Å². The first-order chi connectivity index (χ1) is 9.36. The highest BCUT2D eigenvalue weighted by Gasteiger charge is 2.16. The van der Waals surface area contributed by atoms with Crippen molar-refractivity contribution in [2.45, 2.75) is 55.7 Å². The predicted molar refractivity (Wildman–Crippen MR) is 81.6 cm³/mol. The Kier molecular flexibility index (Phi) is 4.02. The third-order valence-electron chi connectivity index (χ3n) is 3.90. The van der Waals surface area contributed by atoms with E-state index in [0.29, 0.717) is 0 Å². The van der Waals surface area contributed by atoms with E-state index >= 15 is 0 Å². The van der Waals surface area contributed by atoms with Crippen molar-refractivity contribution < 1.29 is 0 Å². The normalized spacial score (nSPS) is 16.9. The molecule has 2 aromatic rings. The Balaban J connectivity index is 1.92. The molecule has 2 nitrogen and oxygen atoms in total. The number of rotatable bonds is 3. The second-order valence-electron chi connectivity index (χ2n) is 5.26. The fourth-order valence-corrected chi connectivity index (χ4v) is 4.02. The van der Waals surface area contributed by atoms with E-state index in [2.05, 4.69) is 35.1 Å². The molecule has 19 heavy (non-hydrogen) atoms. The van der Waals surface area contributed by atoms with Crippen LogP contribution in [0.4, 0.5) is 0 Å². The van der Waals surface area contributed by atoms with Gasteiger partial charge in [-0.1, -0.05) is 32.3 Å². The van der Waals surface area contributed by atoms with Gasteiger partial charge in [0.25, 0.3) is 0 Å². The molecule has 1 aromatic carbocycles. The molecule has 0 amide bonds. The molecule has 0 spiro atoms. The maximum atomic E-state index is 4.53. The SMILES string of the molecule is CCc1ccc2ncnc(SC3CCCCC3)c2c1. The summed E-state index contributed by atoms with van der Waals surface area (Å²) in [5.41, 5.74) is 2.44. The Morgan fingerprint density at radius 1 is 1.16 bits per heavy atom. The van der Waals surface area contributed by atoms with Crippen molar-refractivity contribution in [1.29, 1.82) is 0 Å². The summed E-state index contributed by atoms with van der Waals surface area (Å²) in [6, 6.07) is 6.56. The zero-order chi connectivity index (χ0) is 13.1. The summed E-state index contributed by atoms with van der Waals surface area (Å²) in [5.74, 6) is 0. The first kappa shape index (κ1) is 12.9. The molecule has 3 rings (SSSR count). The van der Waals surface area contributed by atoms with E-state index < -0.39 is 0 Å². The molecule has 100 valence electrons. The Hall–Kier alpha value is -1.09. The molecule has 1 saturated carbocycles. The number of aromatic nitrogens is 2. The third kappa shape index (κ3) is 2.92. The van der Waals surface area contributed by atoms with Gasteiger partial charge in [0.2, 0.25) is 0 Å². The van der Waals surface area contributed by atoms with Crippen LogP contribution in [0.1, 0.15) is 44.6 Å². The monoisotopic (exact) mass is 272 g/mol. The number of benzene rings is 1. The average Bonchev–Trinajstić information content (AvgIpc) is 2.48. The Morgan fingerprint density at radius 3 is 2.79 bits per heavy atom. The van der Waals surface area contributed by atoms with Crippen molar-refractivity contribution in [3.63, 3.8) is 0 Å². The smallest absolute Gasteiger partial charge is 0.117 e. The lowest BCUT2D eigenvalue weighted by atomic mass is 10.0. The van der Waals surface area contributed by atoms with E-state index in [0.717, 1.165) is 17.2 Å². The van der Waals surface area contributed by atoms with Crippen molar-refractivity contribution in [2.75, 3.05) is 0 Å². The minimum atomic E-state index is 0.747. The summed E-state index contributed by atoms with van der Waals surface area (Å²) >= 11 is 1.96. The molecule has 0 bridgehead atoms. The molecule has 0 atom stereocenters. The summed E-state index contributed by atoms with van der Waals surface area (Å²) in [5, 5.41) is 3.15. The quantitative estimate of drug-likeness (QED) is 0.763. The van der Waals surface area contributed by atoms with Gasteiger partial charge < -0.3 is 0 Å². The minimum absolute atomic E-state index is 0.747. The van der Waals surface area contributed by atoms with E-state index in [1.807, 2.05) is 11.8 Å². The summed E-state index contributed by atoms with van der Waals surface area (Å²) in [6.45, 7) is 2.19. The van der Waals surface area contributed by atoms with Gasteiger partial charge in [0.1, 0.15) is 11.4 Å². The average molecular weight is 272 g/mol. The zero-order valence-corrected chi connectivity index (χ0v) is 12.2. The van der Waals surface area contributed by atoms with E-state index in [1.165, 1.54) is 48.1 Å². The summed E-state index contributed by atoms with van der Waals surface area (Å²) in [4.78, 5) is 8.91. The Morgan fingerprint density at radius 2 is 2.00 bits per heavy atom. The summed E-state index contributed by atoms with van der Waals surface area (Å²) < 4.78 is 0. The first-order valence-electron chi connectivity index (χ1n) is 7.27. The Bertz CT molecular complexity index is 562. The van der Waals surface area contributed by atoms with Crippen LogP contribution in [0.25, 0.3) is 10.9 Å². The van der Waals surface area contributed by atoms with Gasteiger partial charge in [-0.3, -0.25) is 0 Å². The van der Waals surface area contributed by atoms with Crippen molar-refractivity contribution in [1.82, 2.24) is 9.97 Å². The van der Waals surface area contributed by atoms with Gasteiger partial charge in [0, 0.05) is 10.6 Å². The molecule has 1 aromatic heterocycles.